The maximum Gasteiger partial charge on any atom is 0.277 e. The summed E-state index contributed by atoms with van der Waals surface area (Å²) in [5.41, 5.74) is 0.741. The molecule has 0 N–H and O–H groups in total. The van der Waals surface area contributed by atoms with Crippen LogP contribution in [0.15, 0.2) is 41.1 Å². The minimum absolute atomic E-state index is 0.198. The zero-order valence-corrected chi connectivity index (χ0v) is 22.7. The fourth-order valence-electron chi connectivity index (χ4n) is 3.52. The Hall–Kier alpha value is -2.13. The number of hydrogen-bond donors (Lipinski definition) is 0. The average Bonchev–Trinajstić information content (AvgIpc) is 3.18. The van der Waals surface area contributed by atoms with Gasteiger partial charge in [-0.2, -0.15) is 5.10 Å². The maximum absolute atomic E-state index is 13.9. The number of anilines is 1. The molecule has 0 unspecified atom stereocenters. The van der Waals surface area contributed by atoms with Crippen LogP contribution >= 0.6 is 50.7 Å². The van der Waals surface area contributed by atoms with Crippen LogP contribution in [0.3, 0.4) is 0 Å². The minimum Gasteiger partial charge on any atom is -0.342 e. The third kappa shape index (κ3) is 5.57. The number of benzene rings is 1. The van der Waals surface area contributed by atoms with Crippen LogP contribution in [0.1, 0.15) is 47.5 Å². The van der Waals surface area contributed by atoms with Gasteiger partial charge >= 0.3 is 0 Å². The van der Waals surface area contributed by atoms with Gasteiger partial charge in [0.1, 0.15) is 10.3 Å². The summed E-state index contributed by atoms with van der Waals surface area (Å²) < 4.78 is 1.79. The van der Waals surface area contributed by atoms with Crippen molar-refractivity contribution in [2.75, 3.05) is 25.0 Å². The normalized spacial score (nSPS) is 10.9. The molecule has 0 spiro atoms. The fraction of sp³-hybridized carbons (Fsp3) is 0.304. The van der Waals surface area contributed by atoms with Gasteiger partial charge in [0.05, 0.1) is 21.3 Å². The molecular weight excluding hydrogens is 565 g/mol. The quantitative estimate of drug-likeness (QED) is 0.301. The largest absolute Gasteiger partial charge is 0.342 e. The number of carbonyl (C=O) groups excluding carboxylic acids is 2. The summed E-state index contributed by atoms with van der Waals surface area (Å²) in [6.07, 6.45) is 2.95. The van der Waals surface area contributed by atoms with E-state index in [0.717, 1.165) is 6.42 Å². The first kappa shape index (κ1) is 26.5. The summed E-state index contributed by atoms with van der Waals surface area (Å²) in [6, 6.07) is 7.98. The molecule has 0 atom stereocenters. The fourth-order valence-corrected chi connectivity index (χ4v) is 4.69. The molecule has 0 fully saturated rings. The molecule has 3 aromatic rings. The van der Waals surface area contributed by atoms with E-state index >= 15 is 0 Å². The van der Waals surface area contributed by atoms with E-state index in [9.17, 15) is 9.59 Å². The second kappa shape index (κ2) is 11.5. The highest BCUT2D eigenvalue weighted by Gasteiger charge is 2.30. The molecule has 34 heavy (non-hydrogen) atoms. The molecule has 11 heteroatoms. The number of amides is 2. The molecule has 0 bridgehead atoms. The topological polar surface area (TPSA) is 71.3 Å². The lowest BCUT2D eigenvalue weighted by Crippen LogP contribution is -2.36. The van der Waals surface area contributed by atoms with E-state index in [0.29, 0.717) is 45.7 Å². The first-order valence-electron chi connectivity index (χ1n) is 10.6. The molecule has 3 rings (SSSR count). The Labute approximate surface area is 221 Å². The van der Waals surface area contributed by atoms with E-state index in [2.05, 4.69) is 26.0 Å². The third-order valence-electron chi connectivity index (χ3n) is 4.96. The lowest BCUT2D eigenvalue weighted by atomic mass is 10.1. The number of nitrogens with zero attached hydrogens (tertiary/aromatic N) is 5. The third-order valence-corrected chi connectivity index (χ3v) is 6.15. The molecular formula is C23H23BrCl3N5O2. The van der Waals surface area contributed by atoms with Gasteiger partial charge in [-0.1, -0.05) is 48.7 Å². The van der Waals surface area contributed by atoms with Gasteiger partial charge in [0.2, 0.25) is 0 Å². The summed E-state index contributed by atoms with van der Waals surface area (Å²) >= 11 is 22.5. The zero-order valence-electron chi connectivity index (χ0n) is 18.9. The Bertz CT molecular complexity index is 1220. The van der Waals surface area contributed by atoms with Gasteiger partial charge in [0.15, 0.2) is 5.82 Å². The number of halogens is 4. The van der Waals surface area contributed by atoms with Gasteiger partial charge in [-0.05, 0) is 53.0 Å². The van der Waals surface area contributed by atoms with Crippen LogP contribution in [0.25, 0.3) is 5.82 Å². The lowest BCUT2D eigenvalue weighted by Gasteiger charge is -2.27. The minimum atomic E-state index is -0.418. The Kier molecular flexibility index (Phi) is 8.98. The van der Waals surface area contributed by atoms with Crippen molar-refractivity contribution < 1.29 is 9.59 Å². The first-order chi connectivity index (χ1) is 16.2. The van der Waals surface area contributed by atoms with E-state index in [1.54, 1.807) is 36.3 Å². The van der Waals surface area contributed by atoms with Gasteiger partial charge in [-0.25, -0.2) is 9.67 Å². The smallest absolute Gasteiger partial charge is 0.277 e. The monoisotopic (exact) mass is 585 g/mol. The first-order valence-corrected chi connectivity index (χ1v) is 12.5. The van der Waals surface area contributed by atoms with Crippen LogP contribution in [-0.2, 0) is 0 Å². The Balaban J connectivity index is 2.18. The highest BCUT2D eigenvalue weighted by molar-refractivity contribution is 9.10. The molecule has 2 amide bonds. The van der Waals surface area contributed by atoms with Crippen LogP contribution in [0.2, 0.25) is 15.1 Å². The number of aromatic nitrogens is 3. The van der Waals surface area contributed by atoms with E-state index in [4.69, 9.17) is 34.8 Å². The highest BCUT2D eigenvalue weighted by atomic mass is 79.9. The van der Waals surface area contributed by atoms with Crippen LogP contribution in [0, 0.1) is 0 Å². The molecule has 0 radical (unpaired) electrons. The lowest BCUT2D eigenvalue weighted by molar-refractivity contribution is 0.0795. The van der Waals surface area contributed by atoms with Gasteiger partial charge in [-0.3, -0.25) is 9.59 Å². The summed E-state index contributed by atoms with van der Waals surface area (Å²) in [5, 5.41) is 5.19. The molecule has 2 heterocycles. The predicted molar refractivity (Wildman–Crippen MR) is 140 cm³/mol. The van der Waals surface area contributed by atoms with Crippen LogP contribution in [-0.4, -0.2) is 51.6 Å². The molecule has 180 valence electrons. The van der Waals surface area contributed by atoms with E-state index < -0.39 is 5.91 Å². The maximum atomic E-state index is 13.9. The molecule has 0 aliphatic rings. The van der Waals surface area contributed by atoms with E-state index in [1.807, 2.05) is 13.8 Å². The Morgan fingerprint density at radius 3 is 2.38 bits per heavy atom. The van der Waals surface area contributed by atoms with Crippen LogP contribution in [0.4, 0.5) is 5.69 Å². The van der Waals surface area contributed by atoms with Crippen molar-refractivity contribution in [3.8, 4) is 5.82 Å². The van der Waals surface area contributed by atoms with Crippen molar-refractivity contribution in [1.82, 2.24) is 19.7 Å². The Morgan fingerprint density at radius 1 is 1.03 bits per heavy atom. The van der Waals surface area contributed by atoms with Gasteiger partial charge in [0, 0.05) is 37.4 Å². The predicted octanol–water partition coefficient (Wildman–Crippen LogP) is 6.53. The number of rotatable bonds is 8. The van der Waals surface area contributed by atoms with Gasteiger partial charge < -0.3 is 9.80 Å². The summed E-state index contributed by atoms with van der Waals surface area (Å²) in [6.45, 7) is 4.75. The van der Waals surface area contributed by atoms with Gasteiger partial charge in [-0.15, -0.1) is 0 Å². The van der Waals surface area contributed by atoms with E-state index in [-0.39, 0.29) is 22.2 Å². The summed E-state index contributed by atoms with van der Waals surface area (Å²) in [5.74, 6) is -0.397. The zero-order chi connectivity index (χ0) is 25.0. The van der Waals surface area contributed by atoms with Gasteiger partial charge in [0.25, 0.3) is 11.8 Å². The second-order valence-corrected chi connectivity index (χ2v) is 9.60. The average molecular weight is 588 g/mol. The van der Waals surface area contributed by atoms with Crippen LogP contribution in [0.5, 0.6) is 0 Å². The summed E-state index contributed by atoms with van der Waals surface area (Å²) in [4.78, 5) is 34.5. The van der Waals surface area contributed by atoms with Crippen molar-refractivity contribution in [3.63, 3.8) is 0 Å². The van der Waals surface area contributed by atoms with E-state index in [1.165, 1.54) is 21.7 Å². The second-order valence-electron chi connectivity index (χ2n) is 7.54. The van der Waals surface area contributed by atoms with Crippen molar-refractivity contribution in [3.05, 3.63) is 67.5 Å². The molecule has 2 aromatic heterocycles. The SMILES string of the molecule is CCCN(C)C(=O)c1cc(Cl)cc(Cl)c1N(CCC)C(=O)c1cc(Br)nn1-c1ncccc1Cl. The standard InChI is InChI=1S/C23H23BrCl3N5O2/c1-4-9-30(3)22(33)15-11-14(25)12-17(27)20(15)31(10-5-2)23(34)18-13-19(24)29-32(18)21-16(26)7-6-8-28-21/h6-8,11-13H,4-5,9-10H2,1-3H3. The summed E-state index contributed by atoms with van der Waals surface area (Å²) in [7, 11) is 1.70. The Morgan fingerprint density at radius 2 is 1.74 bits per heavy atom. The molecule has 1 aromatic carbocycles. The number of pyridine rings is 1. The van der Waals surface area contributed by atoms with Crippen molar-refractivity contribution in [2.45, 2.75) is 26.7 Å². The number of carbonyl (C=O) groups is 2. The number of hydrogen-bond acceptors (Lipinski definition) is 4. The van der Waals surface area contributed by atoms with Crippen molar-refractivity contribution >= 4 is 68.2 Å². The molecule has 0 saturated heterocycles. The molecule has 7 nitrogen and oxygen atoms in total. The van der Waals surface area contributed by atoms with Crippen LogP contribution < -0.4 is 4.90 Å². The van der Waals surface area contributed by atoms with Crippen molar-refractivity contribution in [2.24, 2.45) is 0 Å². The molecule has 0 aliphatic carbocycles. The molecule has 0 aliphatic heterocycles. The molecule has 0 saturated carbocycles. The highest BCUT2D eigenvalue weighted by Crippen LogP contribution is 2.36. The van der Waals surface area contributed by atoms with Crippen molar-refractivity contribution in [1.29, 1.82) is 0 Å².